The van der Waals surface area contributed by atoms with E-state index in [1.54, 1.807) is 7.11 Å². The van der Waals surface area contributed by atoms with E-state index < -0.39 is 0 Å². The van der Waals surface area contributed by atoms with Crippen LogP contribution in [-0.2, 0) is 0 Å². The van der Waals surface area contributed by atoms with Gasteiger partial charge in [-0.3, -0.25) is 0 Å². The molecule has 2 aromatic rings. The minimum Gasteiger partial charge on any atom is -0.497 e. The Hall–Kier alpha value is -1.81. The maximum Gasteiger partial charge on any atom is 0.226 e. The fourth-order valence-corrected chi connectivity index (χ4v) is 2.45. The van der Waals surface area contributed by atoms with Gasteiger partial charge in [-0.05, 0) is 50.2 Å². The zero-order chi connectivity index (χ0) is 13.1. The van der Waals surface area contributed by atoms with Crippen molar-refractivity contribution in [3.63, 3.8) is 0 Å². The molecule has 0 unspecified atom stereocenters. The van der Waals surface area contributed by atoms with Crippen LogP contribution < -0.4 is 10.1 Å². The first-order chi connectivity index (χ1) is 9.36. The van der Waals surface area contributed by atoms with Crippen LogP contribution in [-0.4, -0.2) is 25.2 Å². The smallest absolute Gasteiger partial charge is 0.226 e. The number of hydrogen-bond donors (Lipinski definition) is 1. The number of nitrogens with one attached hydrogen (secondary N) is 1. The maximum absolute atomic E-state index is 5.90. The largest absolute Gasteiger partial charge is 0.497 e. The highest BCUT2D eigenvalue weighted by Crippen LogP contribution is 2.29. The molecule has 2 heterocycles. The molecule has 19 heavy (non-hydrogen) atoms. The van der Waals surface area contributed by atoms with Crippen molar-refractivity contribution in [1.29, 1.82) is 0 Å². The van der Waals surface area contributed by atoms with Crippen LogP contribution >= 0.6 is 0 Å². The van der Waals surface area contributed by atoms with E-state index in [4.69, 9.17) is 9.15 Å². The second kappa shape index (κ2) is 5.45. The number of hydrogen-bond acceptors (Lipinski definition) is 4. The van der Waals surface area contributed by atoms with Crippen LogP contribution in [0.5, 0.6) is 5.75 Å². The van der Waals surface area contributed by atoms with Gasteiger partial charge in [0.25, 0.3) is 0 Å². The highest BCUT2D eigenvalue weighted by Gasteiger charge is 2.19. The van der Waals surface area contributed by atoms with Crippen LogP contribution in [0.15, 0.2) is 34.9 Å². The van der Waals surface area contributed by atoms with Crippen molar-refractivity contribution in [2.24, 2.45) is 0 Å². The van der Waals surface area contributed by atoms with Gasteiger partial charge in [0, 0.05) is 11.5 Å². The number of piperidine rings is 1. The van der Waals surface area contributed by atoms with E-state index in [0.29, 0.717) is 11.8 Å². The van der Waals surface area contributed by atoms with Crippen molar-refractivity contribution in [3.05, 3.63) is 36.2 Å². The fourth-order valence-electron chi connectivity index (χ4n) is 2.45. The van der Waals surface area contributed by atoms with Gasteiger partial charge < -0.3 is 14.5 Å². The number of rotatable bonds is 3. The SMILES string of the molecule is COc1ccc(-c2ncc(C3CCNCC3)o2)cc1. The third-order valence-corrected chi connectivity index (χ3v) is 3.60. The molecule has 4 nitrogen and oxygen atoms in total. The second-order valence-electron chi connectivity index (χ2n) is 4.82. The van der Waals surface area contributed by atoms with Crippen LogP contribution in [0.4, 0.5) is 0 Å². The van der Waals surface area contributed by atoms with Gasteiger partial charge in [0.2, 0.25) is 5.89 Å². The number of oxazole rings is 1. The van der Waals surface area contributed by atoms with Crippen molar-refractivity contribution >= 4 is 0 Å². The van der Waals surface area contributed by atoms with E-state index in [9.17, 15) is 0 Å². The summed E-state index contributed by atoms with van der Waals surface area (Å²) in [7, 11) is 1.66. The van der Waals surface area contributed by atoms with Crippen LogP contribution in [0, 0.1) is 0 Å². The molecule has 0 radical (unpaired) electrons. The molecule has 0 aliphatic carbocycles. The zero-order valence-corrected chi connectivity index (χ0v) is 11.1. The van der Waals surface area contributed by atoms with Crippen molar-refractivity contribution in [2.75, 3.05) is 20.2 Å². The monoisotopic (exact) mass is 258 g/mol. The third-order valence-electron chi connectivity index (χ3n) is 3.60. The first-order valence-electron chi connectivity index (χ1n) is 6.67. The summed E-state index contributed by atoms with van der Waals surface area (Å²) < 4.78 is 11.1. The van der Waals surface area contributed by atoms with E-state index in [1.807, 2.05) is 30.5 Å². The van der Waals surface area contributed by atoms with E-state index in [2.05, 4.69) is 10.3 Å². The van der Waals surface area contributed by atoms with Gasteiger partial charge in [0.1, 0.15) is 11.5 Å². The fraction of sp³-hybridized carbons (Fsp3) is 0.400. The van der Waals surface area contributed by atoms with Crippen LogP contribution in [0.25, 0.3) is 11.5 Å². The first-order valence-corrected chi connectivity index (χ1v) is 6.67. The Bertz CT molecular complexity index is 527. The van der Waals surface area contributed by atoms with Crippen LogP contribution in [0.3, 0.4) is 0 Å². The van der Waals surface area contributed by atoms with Crippen LogP contribution in [0.1, 0.15) is 24.5 Å². The molecule has 1 aromatic carbocycles. The predicted octanol–water partition coefficient (Wildman–Crippen LogP) is 2.82. The molecule has 0 spiro atoms. The molecule has 0 atom stereocenters. The minimum atomic E-state index is 0.501. The second-order valence-corrected chi connectivity index (χ2v) is 4.82. The van der Waals surface area contributed by atoms with Gasteiger partial charge in [-0.1, -0.05) is 0 Å². The Kier molecular flexibility index (Phi) is 3.51. The molecule has 0 bridgehead atoms. The number of methoxy groups -OCH3 is 1. The summed E-state index contributed by atoms with van der Waals surface area (Å²) in [4.78, 5) is 4.39. The molecular formula is C15H18N2O2. The van der Waals surface area contributed by atoms with E-state index in [0.717, 1.165) is 43.0 Å². The minimum absolute atomic E-state index is 0.501. The lowest BCUT2D eigenvalue weighted by molar-refractivity contribution is 0.390. The van der Waals surface area contributed by atoms with E-state index >= 15 is 0 Å². The molecule has 100 valence electrons. The quantitative estimate of drug-likeness (QED) is 0.919. The van der Waals surface area contributed by atoms with E-state index in [1.165, 1.54) is 0 Å². The summed E-state index contributed by atoms with van der Waals surface area (Å²) in [6.07, 6.45) is 4.12. The molecule has 0 amide bonds. The molecule has 0 saturated carbocycles. The lowest BCUT2D eigenvalue weighted by atomic mass is 9.96. The highest BCUT2D eigenvalue weighted by atomic mass is 16.5. The van der Waals surface area contributed by atoms with Crippen molar-refractivity contribution in [2.45, 2.75) is 18.8 Å². The Morgan fingerprint density at radius 2 is 1.95 bits per heavy atom. The molecule has 1 saturated heterocycles. The molecule has 1 aliphatic rings. The summed E-state index contributed by atoms with van der Waals surface area (Å²) in [6.45, 7) is 2.12. The first kappa shape index (κ1) is 12.2. The molecule has 1 fully saturated rings. The molecule has 3 rings (SSSR count). The number of aromatic nitrogens is 1. The van der Waals surface area contributed by atoms with Crippen molar-refractivity contribution < 1.29 is 9.15 Å². The van der Waals surface area contributed by atoms with Crippen molar-refractivity contribution in [1.82, 2.24) is 10.3 Å². The van der Waals surface area contributed by atoms with Crippen molar-refractivity contribution in [3.8, 4) is 17.2 Å². The van der Waals surface area contributed by atoms with Gasteiger partial charge >= 0.3 is 0 Å². The lowest BCUT2D eigenvalue weighted by Crippen LogP contribution is -2.26. The average molecular weight is 258 g/mol. The van der Waals surface area contributed by atoms with Gasteiger partial charge in [-0.15, -0.1) is 0 Å². The number of ether oxygens (including phenoxy) is 1. The van der Waals surface area contributed by atoms with Gasteiger partial charge in [-0.2, -0.15) is 0 Å². The summed E-state index contributed by atoms with van der Waals surface area (Å²) in [6, 6.07) is 7.78. The summed E-state index contributed by atoms with van der Waals surface area (Å²) in [5.74, 6) is 3.04. The Labute approximate surface area is 112 Å². The number of benzene rings is 1. The van der Waals surface area contributed by atoms with Crippen LogP contribution in [0.2, 0.25) is 0 Å². The normalized spacial score (nSPS) is 16.5. The zero-order valence-electron chi connectivity index (χ0n) is 11.1. The van der Waals surface area contributed by atoms with Gasteiger partial charge in [0.15, 0.2) is 0 Å². The molecule has 1 N–H and O–H groups in total. The molecular weight excluding hydrogens is 240 g/mol. The third kappa shape index (κ3) is 2.63. The predicted molar refractivity (Wildman–Crippen MR) is 73.3 cm³/mol. The maximum atomic E-state index is 5.90. The Morgan fingerprint density at radius 3 is 2.63 bits per heavy atom. The van der Waals surface area contributed by atoms with E-state index in [-0.39, 0.29) is 0 Å². The summed E-state index contributed by atoms with van der Waals surface area (Å²) in [5, 5.41) is 3.36. The standard InChI is InChI=1S/C15H18N2O2/c1-18-13-4-2-12(3-5-13)15-17-10-14(19-15)11-6-8-16-9-7-11/h2-5,10-11,16H,6-9H2,1H3. The highest BCUT2D eigenvalue weighted by molar-refractivity contribution is 5.54. The summed E-state index contributed by atoms with van der Waals surface area (Å²) >= 11 is 0. The Morgan fingerprint density at radius 1 is 1.21 bits per heavy atom. The summed E-state index contributed by atoms with van der Waals surface area (Å²) in [5.41, 5.74) is 0.987. The number of nitrogens with zero attached hydrogens (tertiary/aromatic N) is 1. The van der Waals surface area contributed by atoms with Gasteiger partial charge in [-0.25, -0.2) is 4.98 Å². The molecule has 1 aromatic heterocycles. The lowest BCUT2D eigenvalue weighted by Gasteiger charge is -2.19. The van der Waals surface area contributed by atoms with Gasteiger partial charge in [0.05, 0.1) is 13.3 Å². The average Bonchev–Trinajstić information content (AvgIpc) is 2.98. The molecule has 1 aliphatic heterocycles. The Balaban J connectivity index is 1.79. The molecule has 4 heteroatoms. The topological polar surface area (TPSA) is 47.3 Å².